The first-order valence-corrected chi connectivity index (χ1v) is 6.21. The summed E-state index contributed by atoms with van der Waals surface area (Å²) >= 11 is 0. The lowest BCUT2D eigenvalue weighted by Gasteiger charge is -2.21. The van der Waals surface area contributed by atoms with Crippen molar-refractivity contribution >= 4 is 17.3 Å². The molecular formula is C14H18N4O2. The minimum absolute atomic E-state index is 0.131. The molecule has 6 heteroatoms. The molecule has 0 radical (unpaired) electrons. The number of anilines is 2. The zero-order valence-corrected chi connectivity index (χ0v) is 11.8. The number of aryl methyl sites for hydroxylation is 2. The van der Waals surface area contributed by atoms with Crippen LogP contribution in [-0.4, -0.2) is 27.7 Å². The predicted molar refractivity (Wildman–Crippen MR) is 77.9 cm³/mol. The maximum Gasteiger partial charge on any atom is 0.337 e. The van der Waals surface area contributed by atoms with Crippen molar-refractivity contribution in [2.24, 2.45) is 7.05 Å². The van der Waals surface area contributed by atoms with Gasteiger partial charge in [0, 0.05) is 37.9 Å². The lowest BCUT2D eigenvalue weighted by molar-refractivity contribution is 0.0698. The number of carboxylic acids is 1. The van der Waals surface area contributed by atoms with Gasteiger partial charge in [0.1, 0.15) is 5.82 Å². The molecule has 0 amide bonds. The molecule has 1 aromatic heterocycles. The summed E-state index contributed by atoms with van der Waals surface area (Å²) in [6.45, 7) is 2.39. The van der Waals surface area contributed by atoms with Gasteiger partial charge in [0.25, 0.3) is 0 Å². The van der Waals surface area contributed by atoms with Gasteiger partial charge in [-0.05, 0) is 24.6 Å². The molecule has 0 aliphatic carbocycles. The highest BCUT2D eigenvalue weighted by Gasteiger charge is 2.14. The van der Waals surface area contributed by atoms with Crippen LogP contribution in [0.15, 0.2) is 24.5 Å². The van der Waals surface area contributed by atoms with Gasteiger partial charge in [0.15, 0.2) is 0 Å². The van der Waals surface area contributed by atoms with E-state index in [1.807, 2.05) is 35.8 Å². The Labute approximate surface area is 117 Å². The van der Waals surface area contributed by atoms with E-state index in [-0.39, 0.29) is 5.56 Å². The number of hydrogen-bond acceptors (Lipinski definition) is 4. The fourth-order valence-electron chi connectivity index (χ4n) is 2.03. The molecule has 0 fully saturated rings. The molecule has 0 aliphatic rings. The summed E-state index contributed by atoms with van der Waals surface area (Å²) in [5.41, 5.74) is 7.80. The van der Waals surface area contributed by atoms with Gasteiger partial charge in [-0.15, -0.1) is 0 Å². The first-order chi connectivity index (χ1) is 9.40. The minimum Gasteiger partial charge on any atom is -0.478 e. The van der Waals surface area contributed by atoms with Crippen molar-refractivity contribution in [3.8, 4) is 0 Å². The Morgan fingerprint density at radius 3 is 2.75 bits per heavy atom. The topological polar surface area (TPSA) is 84.4 Å². The van der Waals surface area contributed by atoms with Crippen molar-refractivity contribution in [2.45, 2.75) is 13.5 Å². The Balaban J connectivity index is 2.33. The molecule has 0 saturated heterocycles. The van der Waals surface area contributed by atoms with Crippen LogP contribution in [0.2, 0.25) is 0 Å². The third-order valence-corrected chi connectivity index (χ3v) is 3.34. The number of carboxylic acid groups (broad SMARTS) is 1. The van der Waals surface area contributed by atoms with Gasteiger partial charge < -0.3 is 20.3 Å². The summed E-state index contributed by atoms with van der Waals surface area (Å²) in [6.07, 6.45) is 3.61. The fraction of sp³-hybridized carbons (Fsp3) is 0.286. The summed E-state index contributed by atoms with van der Waals surface area (Å²) in [4.78, 5) is 17.4. The van der Waals surface area contributed by atoms with E-state index in [1.165, 1.54) is 0 Å². The van der Waals surface area contributed by atoms with Crippen molar-refractivity contribution in [1.29, 1.82) is 0 Å². The molecule has 0 saturated carbocycles. The Morgan fingerprint density at radius 1 is 1.50 bits per heavy atom. The number of imidazole rings is 1. The van der Waals surface area contributed by atoms with Crippen molar-refractivity contribution in [3.63, 3.8) is 0 Å². The maximum atomic E-state index is 11.2. The number of aromatic nitrogens is 2. The minimum atomic E-state index is -1.02. The second kappa shape index (κ2) is 5.24. The highest BCUT2D eigenvalue weighted by atomic mass is 16.4. The van der Waals surface area contributed by atoms with Crippen LogP contribution in [0.3, 0.4) is 0 Å². The summed E-state index contributed by atoms with van der Waals surface area (Å²) < 4.78 is 1.93. The van der Waals surface area contributed by atoms with Gasteiger partial charge in [0.2, 0.25) is 0 Å². The molecular weight excluding hydrogens is 256 g/mol. The Hall–Kier alpha value is -2.50. The van der Waals surface area contributed by atoms with Crippen LogP contribution in [0.4, 0.5) is 11.4 Å². The van der Waals surface area contributed by atoms with Crippen molar-refractivity contribution in [2.75, 3.05) is 17.7 Å². The third-order valence-electron chi connectivity index (χ3n) is 3.34. The predicted octanol–water partition coefficient (Wildman–Crippen LogP) is 1.65. The molecule has 106 valence electrons. The van der Waals surface area contributed by atoms with Crippen LogP contribution in [0.5, 0.6) is 0 Å². The number of hydrogen-bond donors (Lipinski definition) is 2. The number of aromatic carboxylic acids is 1. The monoisotopic (exact) mass is 274 g/mol. The number of rotatable bonds is 4. The normalized spacial score (nSPS) is 10.6. The molecule has 1 heterocycles. The quantitative estimate of drug-likeness (QED) is 0.828. The van der Waals surface area contributed by atoms with Gasteiger partial charge >= 0.3 is 5.97 Å². The van der Waals surface area contributed by atoms with E-state index in [0.29, 0.717) is 12.2 Å². The van der Waals surface area contributed by atoms with Crippen LogP contribution in [0, 0.1) is 6.92 Å². The number of nitrogen functional groups attached to an aromatic ring is 1. The zero-order valence-electron chi connectivity index (χ0n) is 11.8. The molecule has 0 spiro atoms. The zero-order chi connectivity index (χ0) is 14.9. The maximum absolute atomic E-state index is 11.2. The fourth-order valence-corrected chi connectivity index (χ4v) is 2.03. The molecule has 6 nitrogen and oxygen atoms in total. The van der Waals surface area contributed by atoms with E-state index in [9.17, 15) is 9.90 Å². The average molecular weight is 274 g/mol. The highest BCUT2D eigenvalue weighted by Crippen LogP contribution is 2.25. The number of nitrogens with zero attached hydrogens (tertiary/aromatic N) is 3. The summed E-state index contributed by atoms with van der Waals surface area (Å²) in [5.74, 6) is -0.114. The van der Waals surface area contributed by atoms with Crippen LogP contribution in [-0.2, 0) is 13.6 Å². The van der Waals surface area contributed by atoms with Crippen LogP contribution >= 0.6 is 0 Å². The Bertz CT molecular complexity index is 649. The molecule has 0 atom stereocenters. The Kier molecular flexibility index (Phi) is 3.65. The molecule has 20 heavy (non-hydrogen) atoms. The van der Waals surface area contributed by atoms with Crippen LogP contribution in [0.1, 0.15) is 21.7 Å². The molecule has 2 rings (SSSR count). The van der Waals surface area contributed by atoms with Crippen LogP contribution < -0.4 is 10.6 Å². The first kappa shape index (κ1) is 13.9. The van der Waals surface area contributed by atoms with Gasteiger partial charge in [-0.3, -0.25) is 0 Å². The van der Waals surface area contributed by atoms with E-state index in [4.69, 9.17) is 5.73 Å². The van der Waals surface area contributed by atoms with Gasteiger partial charge in [-0.25, -0.2) is 9.78 Å². The third kappa shape index (κ3) is 2.59. The number of benzene rings is 1. The second-order valence-electron chi connectivity index (χ2n) is 4.84. The van der Waals surface area contributed by atoms with Crippen LogP contribution in [0.25, 0.3) is 0 Å². The van der Waals surface area contributed by atoms with Gasteiger partial charge in [-0.2, -0.15) is 0 Å². The highest BCUT2D eigenvalue weighted by molar-refractivity contribution is 5.95. The smallest absolute Gasteiger partial charge is 0.337 e. The number of carbonyl (C=O) groups is 1. The standard InChI is InChI=1S/C14H18N4O2/c1-9-6-10(7-11(13(9)15)14(19)20)18(3)8-12-16-4-5-17(12)2/h4-7H,8,15H2,1-3H3,(H,19,20). The van der Waals surface area contributed by atoms with E-state index in [0.717, 1.165) is 17.1 Å². The van der Waals surface area contributed by atoms with Gasteiger partial charge in [0.05, 0.1) is 12.1 Å². The second-order valence-corrected chi connectivity index (χ2v) is 4.84. The summed E-state index contributed by atoms with van der Waals surface area (Å²) in [7, 11) is 3.82. The van der Waals surface area contributed by atoms with E-state index < -0.39 is 5.97 Å². The molecule has 3 N–H and O–H groups in total. The summed E-state index contributed by atoms with van der Waals surface area (Å²) in [6, 6.07) is 3.47. The lowest BCUT2D eigenvalue weighted by atomic mass is 10.1. The summed E-state index contributed by atoms with van der Waals surface area (Å²) in [5, 5.41) is 9.18. The lowest BCUT2D eigenvalue weighted by Crippen LogP contribution is -2.20. The van der Waals surface area contributed by atoms with Crippen molar-refractivity contribution in [1.82, 2.24) is 9.55 Å². The van der Waals surface area contributed by atoms with E-state index in [1.54, 1.807) is 19.2 Å². The molecule has 0 bridgehead atoms. The van der Waals surface area contributed by atoms with Crippen molar-refractivity contribution < 1.29 is 9.90 Å². The van der Waals surface area contributed by atoms with E-state index >= 15 is 0 Å². The van der Waals surface area contributed by atoms with Crippen molar-refractivity contribution in [3.05, 3.63) is 41.5 Å². The first-order valence-electron chi connectivity index (χ1n) is 6.21. The molecule has 1 aromatic carbocycles. The van der Waals surface area contributed by atoms with E-state index in [2.05, 4.69) is 4.98 Å². The largest absolute Gasteiger partial charge is 0.478 e. The van der Waals surface area contributed by atoms with Gasteiger partial charge in [-0.1, -0.05) is 0 Å². The molecule has 2 aromatic rings. The number of nitrogens with two attached hydrogens (primary N) is 1. The molecule has 0 aliphatic heterocycles. The average Bonchev–Trinajstić information content (AvgIpc) is 2.77. The SMILES string of the molecule is Cc1cc(N(C)Cc2nccn2C)cc(C(=O)O)c1N. The molecule has 0 unspecified atom stereocenters. The Morgan fingerprint density at radius 2 is 2.20 bits per heavy atom.